The lowest BCUT2D eigenvalue weighted by Gasteiger charge is -2.23. The van der Waals surface area contributed by atoms with Crippen LogP contribution >= 0.6 is 12.4 Å². The lowest BCUT2D eigenvalue weighted by Crippen LogP contribution is -2.26. The van der Waals surface area contributed by atoms with Crippen molar-refractivity contribution < 1.29 is 0 Å². The van der Waals surface area contributed by atoms with E-state index in [1.165, 1.54) is 22.2 Å². The van der Waals surface area contributed by atoms with Crippen molar-refractivity contribution in [3.8, 4) is 0 Å². The zero-order chi connectivity index (χ0) is 11.1. The van der Waals surface area contributed by atoms with Crippen LogP contribution in [0.15, 0.2) is 30.8 Å². The average Bonchev–Trinajstić information content (AvgIpc) is 2.62. The van der Waals surface area contributed by atoms with Crippen molar-refractivity contribution in [2.75, 3.05) is 13.6 Å². The van der Waals surface area contributed by atoms with Gasteiger partial charge in [0.15, 0.2) is 0 Å². The summed E-state index contributed by atoms with van der Waals surface area (Å²) in [6.45, 7) is 6.12. The average molecular weight is 249 g/mol. The molecule has 0 bridgehead atoms. The van der Waals surface area contributed by atoms with E-state index in [2.05, 4.69) is 47.4 Å². The van der Waals surface area contributed by atoms with E-state index in [-0.39, 0.29) is 12.4 Å². The maximum absolute atomic E-state index is 3.93. The zero-order valence-corrected chi connectivity index (χ0v) is 10.8. The molecule has 17 heavy (non-hydrogen) atoms. The van der Waals surface area contributed by atoms with E-state index in [0.717, 1.165) is 19.5 Å². The topological polar surface area (TPSA) is 8.17 Å². The maximum atomic E-state index is 3.93. The first-order valence-electron chi connectivity index (χ1n) is 5.73. The molecule has 0 fully saturated rings. The SMILES string of the molecule is C=Cn1c2c(c3ccccc31)CN(C)CC2.Cl. The summed E-state index contributed by atoms with van der Waals surface area (Å²) in [6, 6.07) is 8.60. The molecule has 1 aromatic carbocycles. The number of benzene rings is 1. The lowest BCUT2D eigenvalue weighted by molar-refractivity contribution is 0.312. The molecular formula is C14H17ClN2. The van der Waals surface area contributed by atoms with Crippen LogP contribution < -0.4 is 0 Å². The van der Waals surface area contributed by atoms with Gasteiger partial charge in [0.25, 0.3) is 0 Å². The van der Waals surface area contributed by atoms with Crippen LogP contribution in [0.3, 0.4) is 0 Å². The Morgan fingerprint density at radius 2 is 2.06 bits per heavy atom. The fraction of sp³-hybridized carbons (Fsp3) is 0.286. The van der Waals surface area contributed by atoms with E-state index in [1.807, 2.05) is 6.20 Å². The summed E-state index contributed by atoms with van der Waals surface area (Å²) >= 11 is 0. The minimum Gasteiger partial charge on any atom is -0.320 e. The molecule has 0 saturated carbocycles. The molecule has 1 aliphatic rings. The molecule has 2 heterocycles. The third-order valence-corrected chi connectivity index (χ3v) is 3.47. The highest BCUT2D eigenvalue weighted by molar-refractivity contribution is 5.87. The smallest absolute Gasteiger partial charge is 0.0528 e. The van der Waals surface area contributed by atoms with Gasteiger partial charge >= 0.3 is 0 Å². The van der Waals surface area contributed by atoms with E-state index in [1.54, 1.807) is 0 Å². The fourth-order valence-electron chi connectivity index (χ4n) is 2.69. The first kappa shape index (κ1) is 12.2. The van der Waals surface area contributed by atoms with Crippen LogP contribution in [0.2, 0.25) is 0 Å². The Morgan fingerprint density at radius 1 is 1.29 bits per heavy atom. The number of hydrogen-bond acceptors (Lipinski definition) is 1. The van der Waals surface area contributed by atoms with Crippen molar-refractivity contribution in [3.05, 3.63) is 42.1 Å². The molecule has 0 radical (unpaired) electrons. The normalized spacial score (nSPS) is 15.4. The highest BCUT2D eigenvalue weighted by Crippen LogP contribution is 2.30. The second-order valence-electron chi connectivity index (χ2n) is 4.48. The molecule has 1 aliphatic heterocycles. The van der Waals surface area contributed by atoms with Crippen molar-refractivity contribution >= 4 is 29.5 Å². The molecule has 0 atom stereocenters. The Kier molecular flexibility index (Phi) is 3.27. The third-order valence-electron chi connectivity index (χ3n) is 3.47. The number of fused-ring (bicyclic) bond motifs is 3. The van der Waals surface area contributed by atoms with Gasteiger partial charge < -0.3 is 9.47 Å². The van der Waals surface area contributed by atoms with Crippen molar-refractivity contribution in [1.82, 2.24) is 9.47 Å². The Labute approximate surface area is 108 Å². The van der Waals surface area contributed by atoms with Gasteiger partial charge in [0.2, 0.25) is 0 Å². The minimum absolute atomic E-state index is 0. The Morgan fingerprint density at radius 3 is 2.82 bits per heavy atom. The van der Waals surface area contributed by atoms with Crippen LogP contribution in [-0.2, 0) is 13.0 Å². The summed E-state index contributed by atoms with van der Waals surface area (Å²) in [7, 11) is 2.18. The van der Waals surface area contributed by atoms with Crippen LogP contribution in [0.5, 0.6) is 0 Å². The van der Waals surface area contributed by atoms with Gasteiger partial charge in [-0.3, -0.25) is 0 Å². The number of hydrogen-bond donors (Lipinski definition) is 0. The van der Waals surface area contributed by atoms with Gasteiger partial charge in [-0.05, 0) is 18.7 Å². The standard InChI is InChI=1S/C14H16N2.ClH/c1-3-16-13-7-5-4-6-11(13)12-10-15(2)9-8-14(12)16;/h3-7H,1,8-10H2,2H3;1H. The van der Waals surface area contributed by atoms with Crippen LogP contribution in [0.1, 0.15) is 11.3 Å². The number of halogens is 1. The molecule has 0 unspecified atom stereocenters. The summed E-state index contributed by atoms with van der Waals surface area (Å²) < 4.78 is 2.25. The van der Waals surface area contributed by atoms with E-state index in [9.17, 15) is 0 Å². The van der Waals surface area contributed by atoms with Crippen LogP contribution in [0.4, 0.5) is 0 Å². The van der Waals surface area contributed by atoms with Gasteiger partial charge in [-0.15, -0.1) is 12.4 Å². The molecule has 2 aromatic rings. The first-order chi connectivity index (χ1) is 7.81. The van der Waals surface area contributed by atoms with Crippen LogP contribution in [-0.4, -0.2) is 23.1 Å². The van der Waals surface area contributed by atoms with E-state index >= 15 is 0 Å². The number of aromatic nitrogens is 1. The lowest BCUT2D eigenvalue weighted by atomic mass is 10.1. The second-order valence-corrected chi connectivity index (χ2v) is 4.48. The molecule has 1 aromatic heterocycles. The molecule has 3 rings (SSSR count). The Bertz CT molecular complexity index is 557. The van der Waals surface area contributed by atoms with Gasteiger partial charge in [0.1, 0.15) is 0 Å². The number of rotatable bonds is 1. The molecule has 90 valence electrons. The minimum atomic E-state index is 0. The number of nitrogens with zero attached hydrogens (tertiary/aromatic N) is 2. The Hall–Kier alpha value is -1.25. The van der Waals surface area contributed by atoms with Gasteiger partial charge in [-0.1, -0.05) is 24.8 Å². The van der Waals surface area contributed by atoms with Crippen molar-refractivity contribution in [2.45, 2.75) is 13.0 Å². The molecule has 0 saturated heterocycles. The van der Waals surface area contributed by atoms with Crippen LogP contribution in [0, 0.1) is 0 Å². The molecule has 0 aliphatic carbocycles. The van der Waals surface area contributed by atoms with Crippen molar-refractivity contribution in [2.24, 2.45) is 0 Å². The molecule has 3 heteroatoms. The monoisotopic (exact) mass is 248 g/mol. The van der Waals surface area contributed by atoms with Gasteiger partial charge in [-0.25, -0.2) is 0 Å². The molecule has 0 spiro atoms. The zero-order valence-electron chi connectivity index (χ0n) is 10.0. The van der Waals surface area contributed by atoms with Gasteiger partial charge in [0, 0.05) is 36.8 Å². The van der Waals surface area contributed by atoms with E-state index in [4.69, 9.17) is 0 Å². The fourth-order valence-corrected chi connectivity index (χ4v) is 2.69. The molecule has 0 N–H and O–H groups in total. The van der Waals surface area contributed by atoms with E-state index in [0.29, 0.717) is 0 Å². The first-order valence-corrected chi connectivity index (χ1v) is 5.73. The largest absolute Gasteiger partial charge is 0.320 e. The van der Waals surface area contributed by atoms with Crippen molar-refractivity contribution in [1.29, 1.82) is 0 Å². The number of para-hydroxylation sites is 1. The molecule has 2 nitrogen and oxygen atoms in total. The summed E-state index contributed by atoms with van der Waals surface area (Å²) in [6.07, 6.45) is 3.05. The van der Waals surface area contributed by atoms with Gasteiger partial charge in [-0.2, -0.15) is 0 Å². The predicted octanol–water partition coefficient (Wildman–Crippen LogP) is 3.15. The quantitative estimate of drug-likeness (QED) is 0.753. The second kappa shape index (κ2) is 4.55. The summed E-state index contributed by atoms with van der Waals surface area (Å²) in [5.74, 6) is 0. The van der Waals surface area contributed by atoms with Crippen molar-refractivity contribution in [3.63, 3.8) is 0 Å². The summed E-state index contributed by atoms with van der Waals surface area (Å²) in [5.41, 5.74) is 4.20. The highest BCUT2D eigenvalue weighted by atomic mass is 35.5. The van der Waals surface area contributed by atoms with E-state index < -0.39 is 0 Å². The van der Waals surface area contributed by atoms with Crippen LogP contribution in [0.25, 0.3) is 17.1 Å². The molecule has 0 amide bonds. The number of likely N-dealkylation sites (N-methyl/N-ethyl adjacent to an activating group) is 1. The summed E-state index contributed by atoms with van der Waals surface area (Å²) in [4.78, 5) is 2.38. The third kappa shape index (κ3) is 1.78. The highest BCUT2D eigenvalue weighted by Gasteiger charge is 2.20. The van der Waals surface area contributed by atoms with Gasteiger partial charge in [0.05, 0.1) is 5.52 Å². The maximum Gasteiger partial charge on any atom is 0.0528 e. The molecular weight excluding hydrogens is 232 g/mol. The summed E-state index contributed by atoms with van der Waals surface area (Å²) in [5, 5.41) is 1.38. The predicted molar refractivity (Wildman–Crippen MR) is 75.6 cm³/mol. The Balaban J connectivity index is 0.00000108.